The Morgan fingerprint density at radius 3 is 2.82 bits per heavy atom. The maximum Gasteiger partial charge on any atom is 0.217 e. The Hall–Kier alpha value is -3.78. The number of halogens is 1. The molecule has 0 aromatic carbocycles. The molecule has 11 heteroatoms. The topological polar surface area (TPSA) is 129 Å². The lowest BCUT2D eigenvalue weighted by atomic mass is 9.92. The van der Waals surface area contributed by atoms with Crippen molar-refractivity contribution in [1.82, 2.24) is 15.3 Å². The smallest absolute Gasteiger partial charge is 0.217 e. The van der Waals surface area contributed by atoms with E-state index in [0.29, 0.717) is 22.8 Å². The van der Waals surface area contributed by atoms with Gasteiger partial charge in [0.2, 0.25) is 5.97 Å². The monoisotopic (exact) mass is 538 g/mol. The number of anilines is 1. The summed E-state index contributed by atoms with van der Waals surface area (Å²) in [5, 5.41) is 15.2. The predicted octanol–water partition coefficient (Wildman–Crippen LogP) is 4.15. The van der Waals surface area contributed by atoms with Gasteiger partial charge in [0.05, 0.1) is 17.5 Å². The van der Waals surface area contributed by atoms with Crippen molar-refractivity contribution in [2.75, 3.05) is 17.7 Å². The van der Waals surface area contributed by atoms with E-state index in [-0.39, 0.29) is 29.7 Å². The summed E-state index contributed by atoms with van der Waals surface area (Å²) in [6.45, 7) is 10.6. The molecule has 0 radical (unpaired) electrons. The molecule has 0 amide bonds. The molecule has 1 saturated carbocycles. The number of ether oxygens (including phenoxy) is 1. The molecule has 0 unspecified atom stereocenters. The number of aromatic nitrogens is 2. The lowest BCUT2D eigenvalue weighted by Crippen LogP contribution is -2.68. The van der Waals surface area contributed by atoms with Crippen molar-refractivity contribution in [3.05, 3.63) is 48.6 Å². The molecule has 3 N–H and O–H groups in total. The van der Waals surface area contributed by atoms with Crippen molar-refractivity contribution in [1.29, 1.82) is 5.41 Å². The minimum Gasteiger partial charge on any atom is -0.479 e. The third kappa shape index (κ3) is 5.13. The molecule has 9 nitrogen and oxygen atoms in total. The van der Waals surface area contributed by atoms with Crippen molar-refractivity contribution in [2.45, 2.75) is 50.8 Å². The summed E-state index contributed by atoms with van der Waals surface area (Å²) in [6.07, 6.45) is 5.97. The van der Waals surface area contributed by atoms with Gasteiger partial charge in [0.25, 0.3) is 0 Å². The first-order chi connectivity index (χ1) is 17.9. The highest BCUT2D eigenvalue weighted by Crippen LogP contribution is 2.47. The van der Waals surface area contributed by atoms with Crippen LogP contribution >= 0.6 is 0 Å². The Labute approximate surface area is 222 Å². The first-order valence-corrected chi connectivity index (χ1v) is 13.8. The van der Waals surface area contributed by atoms with E-state index in [0.717, 1.165) is 18.2 Å². The maximum absolute atomic E-state index is 15.1. The Morgan fingerprint density at radius 2 is 2.16 bits per heavy atom. The number of sulfone groups is 1. The van der Waals surface area contributed by atoms with Crippen molar-refractivity contribution in [3.8, 4) is 17.6 Å². The van der Waals surface area contributed by atoms with Gasteiger partial charge < -0.3 is 15.4 Å². The van der Waals surface area contributed by atoms with Gasteiger partial charge in [0.15, 0.2) is 15.7 Å². The number of aliphatic imine (C=N–C) groups is 1. The summed E-state index contributed by atoms with van der Waals surface area (Å²) in [5.74, 6) is 5.09. The zero-order valence-corrected chi connectivity index (χ0v) is 22.7. The fourth-order valence-electron chi connectivity index (χ4n) is 4.46. The van der Waals surface area contributed by atoms with Crippen LogP contribution in [0.25, 0.3) is 10.9 Å². The number of rotatable bonds is 8. The molecule has 1 saturated heterocycles. The van der Waals surface area contributed by atoms with Crippen LogP contribution < -0.4 is 15.4 Å². The second-order valence-electron chi connectivity index (χ2n) is 9.93. The Balaban J connectivity index is 1.49. The van der Waals surface area contributed by atoms with Gasteiger partial charge in [-0.05, 0) is 58.6 Å². The van der Waals surface area contributed by atoms with E-state index in [4.69, 9.17) is 10.1 Å². The molecule has 0 spiro atoms. The largest absolute Gasteiger partial charge is 0.479 e. The van der Waals surface area contributed by atoms with Gasteiger partial charge in [-0.15, -0.1) is 5.92 Å². The molecular weight excluding hydrogens is 507 g/mol. The van der Waals surface area contributed by atoms with Crippen LogP contribution in [0.1, 0.15) is 40.5 Å². The summed E-state index contributed by atoms with van der Waals surface area (Å²) in [4.78, 5) is 12.6. The normalized spacial score (nSPS) is 25.2. The summed E-state index contributed by atoms with van der Waals surface area (Å²) in [7, 11) is -3.73. The van der Waals surface area contributed by atoms with Crippen molar-refractivity contribution in [2.24, 2.45) is 10.9 Å². The number of amidine groups is 1. The van der Waals surface area contributed by atoms with Crippen molar-refractivity contribution < 1.29 is 17.5 Å². The molecule has 2 aromatic rings. The third-order valence-electron chi connectivity index (χ3n) is 7.04. The van der Waals surface area contributed by atoms with Crippen LogP contribution in [0.3, 0.4) is 0 Å². The SMILES string of the molecule is C=C(/C(F)=N\C=C(/C)Nc1nccc2cc(OCC#CC)cnc12)[C@]1(C)CS(=O)(=O)[C@@](C)(C2CC2)C(=N)N1. The fraction of sp³-hybridized carbons (Fsp3) is 0.407. The molecule has 4 rings (SSSR count). The molecule has 2 atom stereocenters. The van der Waals surface area contributed by atoms with Crippen molar-refractivity contribution in [3.63, 3.8) is 0 Å². The maximum atomic E-state index is 15.1. The summed E-state index contributed by atoms with van der Waals surface area (Å²) in [6, 6.07) is 3.62. The van der Waals surface area contributed by atoms with Gasteiger partial charge in [-0.2, -0.15) is 4.39 Å². The number of fused-ring (bicyclic) bond motifs is 1. The average molecular weight is 539 g/mol. The van der Waals surface area contributed by atoms with E-state index in [9.17, 15) is 8.42 Å². The van der Waals surface area contributed by atoms with E-state index >= 15 is 4.39 Å². The quantitative estimate of drug-likeness (QED) is 0.340. The highest BCUT2D eigenvalue weighted by atomic mass is 32.2. The van der Waals surface area contributed by atoms with Crippen molar-refractivity contribution >= 4 is 38.4 Å². The van der Waals surface area contributed by atoms with Crippen LogP contribution in [0.2, 0.25) is 0 Å². The predicted molar refractivity (Wildman–Crippen MR) is 148 cm³/mol. The average Bonchev–Trinajstić information content (AvgIpc) is 3.71. The van der Waals surface area contributed by atoms with Crippen LogP contribution in [-0.2, 0) is 9.84 Å². The highest BCUT2D eigenvalue weighted by molar-refractivity contribution is 7.93. The fourth-order valence-corrected chi connectivity index (χ4v) is 6.87. The number of pyridine rings is 2. The highest BCUT2D eigenvalue weighted by Gasteiger charge is 2.60. The van der Waals surface area contributed by atoms with Gasteiger partial charge in [-0.1, -0.05) is 12.5 Å². The summed E-state index contributed by atoms with van der Waals surface area (Å²) < 4.78 is 45.7. The van der Waals surface area contributed by atoms with Gasteiger partial charge in [-0.25, -0.2) is 23.4 Å². The van der Waals surface area contributed by atoms with Crippen LogP contribution in [-0.4, -0.2) is 52.8 Å². The third-order valence-corrected chi connectivity index (χ3v) is 9.83. The molecule has 0 bridgehead atoms. The van der Waals surface area contributed by atoms with Gasteiger partial charge in [0.1, 0.15) is 28.5 Å². The minimum absolute atomic E-state index is 0.0906. The van der Waals surface area contributed by atoms with E-state index in [1.54, 1.807) is 39.2 Å². The Morgan fingerprint density at radius 1 is 1.42 bits per heavy atom. The molecule has 3 heterocycles. The molecule has 2 aromatic heterocycles. The zero-order valence-electron chi connectivity index (χ0n) is 21.9. The second-order valence-corrected chi connectivity index (χ2v) is 12.3. The lowest BCUT2D eigenvalue weighted by molar-refractivity contribution is 0.369. The van der Waals surface area contributed by atoms with E-state index in [1.807, 2.05) is 6.07 Å². The molecular formula is C27H31FN6O3S. The first-order valence-electron chi connectivity index (χ1n) is 12.1. The molecule has 200 valence electrons. The minimum atomic E-state index is -3.73. The van der Waals surface area contributed by atoms with Crippen LogP contribution in [0, 0.1) is 23.2 Å². The standard InChI is InChI=1S/C27H31FN6O3S/c1-6-7-12-37-21-13-19-10-11-30-24(22(19)31-15-21)33-17(2)14-32-23(28)18(3)26(4)16-38(35,36)27(5,20-8-9-20)25(29)34-26/h10-11,13-15,20H,3,8-9,12,16H2,1-2,4-5H3,(H2,29,34)(H,30,33)/b17-14+,32-23+/t26-,27-/m0/s1. The van der Waals surface area contributed by atoms with Crippen LogP contribution in [0.5, 0.6) is 5.75 Å². The Bertz CT molecular complexity index is 1540. The van der Waals surface area contributed by atoms with E-state index in [2.05, 4.69) is 44.0 Å². The van der Waals surface area contributed by atoms with E-state index in [1.165, 1.54) is 13.1 Å². The van der Waals surface area contributed by atoms with Crippen LogP contribution in [0.4, 0.5) is 10.2 Å². The van der Waals surface area contributed by atoms with Gasteiger partial charge >= 0.3 is 0 Å². The molecule has 1 aliphatic heterocycles. The second kappa shape index (κ2) is 10.2. The lowest BCUT2D eigenvalue weighted by Gasteiger charge is -2.45. The van der Waals surface area contributed by atoms with Gasteiger partial charge in [-0.3, -0.25) is 5.41 Å². The number of allylic oxidation sites excluding steroid dienone is 1. The molecule has 38 heavy (non-hydrogen) atoms. The summed E-state index contributed by atoms with van der Waals surface area (Å²) >= 11 is 0. The molecule has 2 fully saturated rings. The number of nitrogens with one attached hydrogen (secondary N) is 3. The number of hydrogen-bond donors (Lipinski definition) is 3. The number of nitrogens with zero attached hydrogens (tertiary/aromatic N) is 3. The zero-order chi connectivity index (χ0) is 27.7. The molecule has 1 aliphatic carbocycles. The van der Waals surface area contributed by atoms with Crippen LogP contribution in [0.15, 0.2) is 53.6 Å². The van der Waals surface area contributed by atoms with Gasteiger partial charge in [0, 0.05) is 29.1 Å². The summed E-state index contributed by atoms with van der Waals surface area (Å²) in [5.41, 5.74) is -0.476. The Kier molecular flexibility index (Phi) is 7.30. The first kappa shape index (κ1) is 27.3. The molecule has 2 aliphatic rings. The number of hydrogen-bond acceptors (Lipinski definition) is 8. The van der Waals surface area contributed by atoms with E-state index < -0.39 is 26.1 Å².